The van der Waals surface area contributed by atoms with Gasteiger partial charge in [-0.2, -0.15) is 0 Å². The Hall–Kier alpha value is -0.810. The van der Waals surface area contributed by atoms with Gasteiger partial charge >= 0.3 is 6.09 Å². The van der Waals surface area contributed by atoms with Gasteiger partial charge in [-0.15, -0.1) is 0 Å². The first-order valence-electron chi connectivity index (χ1n) is 5.64. The molecule has 0 aromatic rings. The van der Waals surface area contributed by atoms with Gasteiger partial charge in [0, 0.05) is 24.5 Å². The lowest BCUT2D eigenvalue weighted by molar-refractivity contribution is -0.0403. The first-order chi connectivity index (χ1) is 7.32. The SMILES string of the molecule is CC(C)(C)OC(=O)N1CC2(COCC2N)C1. The lowest BCUT2D eigenvalue weighted by Crippen LogP contribution is -2.65. The summed E-state index contributed by atoms with van der Waals surface area (Å²) in [5, 5.41) is 0. The van der Waals surface area contributed by atoms with Crippen LogP contribution >= 0.6 is 0 Å². The topological polar surface area (TPSA) is 64.8 Å². The van der Waals surface area contributed by atoms with E-state index in [1.807, 2.05) is 20.8 Å². The fourth-order valence-corrected chi connectivity index (χ4v) is 2.17. The summed E-state index contributed by atoms with van der Waals surface area (Å²) in [6, 6.07) is 0.0474. The normalized spacial score (nSPS) is 28.0. The first-order valence-corrected chi connectivity index (χ1v) is 5.64. The van der Waals surface area contributed by atoms with Gasteiger partial charge in [-0.3, -0.25) is 0 Å². The largest absolute Gasteiger partial charge is 0.444 e. The second kappa shape index (κ2) is 3.60. The number of rotatable bonds is 0. The van der Waals surface area contributed by atoms with Crippen LogP contribution in [0.3, 0.4) is 0 Å². The van der Waals surface area contributed by atoms with E-state index in [1.165, 1.54) is 0 Å². The zero-order chi connectivity index (χ0) is 12.0. The molecule has 92 valence electrons. The van der Waals surface area contributed by atoms with E-state index >= 15 is 0 Å². The Bertz CT molecular complexity index is 292. The third-order valence-corrected chi connectivity index (χ3v) is 3.14. The molecule has 2 fully saturated rings. The van der Waals surface area contributed by atoms with Crippen molar-refractivity contribution in [2.45, 2.75) is 32.4 Å². The molecule has 16 heavy (non-hydrogen) atoms. The molecule has 1 spiro atoms. The molecule has 0 bridgehead atoms. The van der Waals surface area contributed by atoms with E-state index in [9.17, 15) is 4.79 Å². The lowest BCUT2D eigenvalue weighted by Gasteiger charge is -2.49. The number of carbonyl (C=O) groups is 1. The Morgan fingerprint density at radius 1 is 1.50 bits per heavy atom. The highest BCUT2D eigenvalue weighted by molar-refractivity contribution is 5.69. The van der Waals surface area contributed by atoms with Crippen molar-refractivity contribution < 1.29 is 14.3 Å². The molecule has 2 saturated heterocycles. The van der Waals surface area contributed by atoms with Gasteiger partial charge in [0.25, 0.3) is 0 Å². The maximum Gasteiger partial charge on any atom is 0.410 e. The van der Waals surface area contributed by atoms with E-state index in [4.69, 9.17) is 15.2 Å². The van der Waals surface area contributed by atoms with E-state index < -0.39 is 5.60 Å². The molecule has 1 unspecified atom stereocenters. The molecule has 0 aliphatic carbocycles. The summed E-state index contributed by atoms with van der Waals surface area (Å²) in [7, 11) is 0. The van der Waals surface area contributed by atoms with Crippen LogP contribution in [0.25, 0.3) is 0 Å². The molecule has 0 aromatic heterocycles. The standard InChI is InChI=1S/C11H20N2O3/c1-10(2,3)16-9(14)13-5-11(6-13)7-15-4-8(11)12/h8H,4-7,12H2,1-3H3. The van der Waals surface area contributed by atoms with Crippen molar-refractivity contribution in [1.29, 1.82) is 0 Å². The van der Waals surface area contributed by atoms with E-state index in [0.29, 0.717) is 26.3 Å². The summed E-state index contributed by atoms with van der Waals surface area (Å²) >= 11 is 0. The van der Waals surface area contributed by atoms with Crippen LogP contribution < -0.4 is 5.73 Å². The molecule has 2 heterocycles. The molecule has 5 nitrogen and oxygen atoms in total. The Labute approximate surface area is 95.9 Å². The Balaban J connectivity index is 1.86. The summed E-state index contributed by atoms with van der Waals surface area (Å²) < 4.78 is 10.6. The van der Waals surface area contributed by atoms with Crippen LogP contribution in [0.5, 0.6) is 0 Å². The fraction of sp³-hybridized carbons (Fsp3) is 0.909. The molecule has 0 radical (unpaired) electrons. The first kappa shape index (κ1) is 11.7. The highest BCUT2D eigenvalue weighted by Crippen LogP contribution is 2.38. The lowest BCUT2D eigenvalue weighted by atomic mass is 9.76. The number of likely N-dealkylation sites (tertiary alicyclic amines) is 1. The van der Waals surface area contributed by atoms with Gasteiger partial charge in [0.15, 0.2) is 0 Å². The highest BCUT2D eigenvalue weighted by atomic mass is 16.6. The van der Waals surface area contributed by atoms with Crippen LogP contribution in [0.1, 0.15) is 20.8 Å². The van der Waals surface area contributed by atoms with Gasteiger partial charge < -0.3 is 20.1 Å². The van der Waals surface area contributed by atoms with Crippen LogP contribution in [-0.2, 0) is 9.47 Å². The predicted molar refractivity (Wildman–Crippen MR) is 59.0 cm³/mol. The van der Waals surface area contributed by atoms with Gasteiger partial charge in [0.2, 0.25) is 0 Å². The maximum absolute atomic E-state index is 11.7. The highest BCUT2D eigenvalue weighted by Gasteiger charge is 2.53. The number of hydrogen-bond acceptors (Lipinski definition) is 4. The van der Waals surface area contributed by atoms with Crippen molar-refractivity contribution in [2.75, 3.05) is 26.3 Å². The Morgan fingerprint density at radius 3 is 2.56 bits per heavy atom. The molecule has 1 atom stereocenters. The summed E-state index contributed by atoms with van der Waals surface area (Å²) in [5.41, 5.74) is 5.51. The average Bonchev–Trinajstić information content (AvgIpc) is 2.40. The van der Waals surface area contributed by atoms with Crippen LogP contribution in [-0.4, -0.2) is 48.9 Å². The number of ether oxygens (including phenoxy) is 2. The maximum atomic E-state index is 11.7. The molecule has 2 N–H and O–H groups in total. The number of nitrogens with zero attached hydrogens (tertiary/aromatic N) is 1. The summed E-state index contributed by atoms with van der Waals surface area (Å²) in [6.07, 6.45) is -0.253. The third kappa shape index (κ3) is 2.01. The average molecular weight is 228 g/mol. The van der Waals surface area contributed by atoms with Crippen molar-refractivity contribution in [3.8, 4) is 0 Å². The predicted octanol–water partition coefficient (Wildman–Crippen LogP) is 0.581. The minimum atomic E-state index is -0.436. The smallest absolute Gasteiger partial charge is 0.410 e. The molecule has 1 amide bonds. The fourth-order valence-electron chi connectivity index (χ4n) is 2.17. The Morgan fingerprint density at radius 2 is 2.12 bits per heavy atom. The molecular formula is C11H20N2O3. The van der Waals surface area contributed by atoms with Crippen molar-refractivity contribution in [3.63, 3.8) is 0 Å². The van der Waals surface area contributed by atoms with E-state index in [2.05, 4.69) is 0 Å². The van der Waals surface area contributed by atoms with Gasteiger partial charge in [-0.25, -0.2) is 4.79 Å². The van der Waals surface area contributed by atoms with Crippen molar-refractivity contribution in [3.05, 3.63) is 0 Å². The molecular weight excluding hydrogens is 208 g/mol. The number of nitrogens with two attached hydrogens (primary N) is 1. The van der Waals surface area contributed by atoms with Gasteiger partial charge in [-0.05, 0) is 20.8 Å². The molecule has 2 rings (SSSR count). The van der Waals surface area contributed by atoms with Crippen LogP contribution in [0, 0.1) is 5.41 Å². The van der Waals surface area contributed by atoms with Gasteiger partial charge in [-0.1, -0.05) is 0 Å². The summed E-state index contributed by atoms with van der Waals surface area (Å²) in [4.78, 5) is 13.4. The van der Waals surface area contributed by atoms with Crippen LogP contribution in [0.4, 0.5) is 4.79 Å². The van der Waals surface area contributed by atoms with E-state index in [1.54, 1.807) is 4.90 Å². The monoisotopic (exact) mass is 228 g/mol. The van der Waals surface area contributed by atoms with Crippen LogP contribution in [0.15, 0.2) is 0 Å². The molecule has 0 saturated carbocycles. The van der Waals surface area contributed by atoms with Crippen molar-refractivity contribution in [1.82, 2.24) is 4.90 Å². The van der Waals surface area contributed by atoms with Crippen LogP contribution in [0.2, 0.25) is 0 Å². The second-order valence-corrected chi connectivity index (χ2v) is 5.82. The van der Waals surface area contributed by atoms with E-state index in [0.717, 1.165) is 0 Å². The number of hydrogen-bond donors (Lipinski definition) is 1. The van der Waals surface area contributed by atoms with Crippen molar-refractivity contribution >= 4 is 6.09 Å². The zero-order valence-electron chi connectivity index (χ0n) is 10.2. The molecule has 5 heteroatoms. The Kier molecular flexibility index (Phi) is 2.62. The molecule has 0 aromatic carbocycles. The number of carbonyl (C=O) groups excluding carboxylic acids is 1. The summed E-state index contributed by atoms with van der Waals surface area (Å²) in [6.45, 7) is 8.17. The molecule has 2 aliphatic heterocycles. The van der Waals surface area contributed by atoms with Gasteiger partial charge in [0.1, 0.15) is 5.60 Å². The quantitative estimate of drug-likeness (QED) is 0.658. The number of amides is 1. The van der Waals surface area contributed by atoms with Crippen molar-refractivity contribution in [2.24, 2.45) is 11.1 Å². The minimum absolute atomic E-state index is 0.0170. The van der Waals surface area contributed by atoms with E-state index in [-0.39, 0.29) is 17.6 Å². The molecule has 2 aliphatic rings. The summed E-state index contributed by atoms with van der Waals surface area (Å²) in [5.74, 6) is 0. The zero-order valence-corrected chi connectivity index (χ0v) is 10.2. The van der Waals surface area contributed by atoms with Gasteiger partial charge in [0.05, 0.1) is 13.2 Å². The second-order valence-electron chi connectivity index (χ2n) is 5.82. The minimum Gasteiger partial charge on any atom is -0.444 e. The third-order valence-electron chi connectivity index (χ3n) is 3.14.